The monoisotopic (exact) mass is 359 g/mol. The zero-order chi connectivity index (χ0) is 18.9. The van der Waals surface area contributed by atoms with Gasteiger partial charge in [-0.25, -0.2) is 0 Å². The first-order chi connectivity index (χ1) is 12.5. The summed E-state index contributed by atoms with van der Waals surface area (Å²) in [5, 5.41) is 3.13. The average Bonchev–Trinajstić information content (AvgIpc) is 2.66. The van der Waals surface area contributed by atoms with E-state index < -0.39 is 11.8 Å². The smallest absolute Gasteiger partial charge is 0.318 e. The highest BCUT2D eigenvalue weighted by molar-refractivity contribution is 5.94. The summed E-state index contributed by atoms with van der Waals surface area (Å²) in [5.41, 5.74) is 5.65. The molecule has 0 bridgehead atoms. The van der Waals surface area contributed by atoms with Crippen molar-refractivity contribution in [3.63, 3.8) is 0 Å². The maximum Gasteiger partial charge on any atom is 0.318 e. The second-order valence-corrected chi connectivity index (χ2v) is 5.29. The molecule has 0 atom stereocenters. The van der Waals surface area contributed by atoms with E-state index in [0.717, 1.165) is 17.7 Å². The predicted molar refractivity (Wildman–Crippen MR) is 95.1 cm³/mol. The van der Waals surface area contributed by atoms with E-state index in [1.807, 2.05) is 24.3 Å². The van der Waals surface area contributed by atoms with Crippen LogP contribution in [-0.4, -0.2) is 42.5 Å². The quantitative estimate of drug-likeness (QED) is 0.630. The Balaban J connectivity index is 1.99. The van der Waals surface area contributed by atoms with E-state index in [1.54, 1.807) is 7.11 Å². The third-order valence-electron chi connectivity index (χ3n) is 3.35. The number of aromatic nitrogens is 2. The Morgan fingerprint density at radius 1 is 1.04 bits per heavy atom. The van der Waals surface area contributed by atoms with Crippen LogP contribution in [0.1, 0.15) is 23.0 Å². The minimum atomic E-state index is -0.570. The molecule has 0 radical (unpaired) electrons. The van der Waals surface area contributed by atoms with Crippen molar-refractivity contribution in [2.24, 2.45) is 0 Å². The van der Waals surface area contributed by atoms with Gasteiger partial charge in [-0.2, -0.15) is 9.97 Å². The van der Waals surface area contributed by atoms with Gasteiger partial charge in [0.1, 0.15) is 17.3 Å². The number of hydrogen-bond acceptors (Lipinski definition) is 7. The number of benzene rings is 1. The van der Waals surface area contributed by atoms with Crippen molar-refractivity contribution < 1.29 is 19.1 Å². The average molecular weight is 359 g/mol. The summed E-state index contributed by atoms with van der Waals surface area (Å²) < 4.78 is 10.1. The molecule has 3 N–H and O–H groups in total. The van der Waals surface area contributed by atoms with Crippen LogP contribution in [0.3, 0.4) is 0 Å². The number of methoxy groups -OCH3 is 2. The van der Waals surface area contributed by atoms with Crippen molar-refractivity contribution in [1.82, 2.24) is 20.8 Å². The minimum absolute atomic E-state index is 0.0485. The molecule has 2 amide bonds. The van der Waals surface area contributed by atoms with Crippen LogP contribution in [0.4, 0.5) is 5.82 Å². The lowest BCUT2D eigenvalue weighted by Crippen LogP contribution is -2.40. The predicted octanol–water partition coefficient (Wildman–Crippen LogP) is 0.929. The molecule has 138 valence electrons. The van der Waals surface area contributed by atoms with Gasteiger partial charge in [-0.05, 0) is 24.1 Å². The van der Waals surface area contributed by atoms with Crippen LogP contribution in [0.5, 0.6) is 11.8 Å². The van der Waals surface area contributed by atoms with Crippen LogP contribution in [0.2, 0.25) is 0 Å². The number of rotatable bonds is 7. The molecule has 0 saturated carbocycles. The van der Waals surface area contributed by atoms with E-state index in [9.17, 15) is 9.59 Å². The van der Waals surface area contributed by atoms with Crippen LogP contribution in [0.25, 0.3) is 0 Å². The number of carbonyl (C=O) groups is 2. The maximum absolute atomic E-state index is 12.0. The summed E-state index contributed by atoms with van der Waals surface area (Å²) in [5.74, 6) is 0.284. The molecule has 2 rings (SSSR count). The molecule has 9 nitrogen and oxygen atoms in total. The minimum Gasteiger partial charge on any atom is -0.497 e. The van der Waals surface area contributed by atoms with Crippen molar-refractivity contribution in [1.29, 1.82) is 0 Å². The first kappa shape index (κ1) is 19.0. The standard InChI is InChI=1S/C17H21N5O4/c1-11(23)21-22-16(24)14-10-15(20-17(19-14)26-3)18-9-8-12-4-6-13(25-2)7-5-12/h4-7,10H,8-9H2,1-3H3,(H,21,23)(H,22,24)(H,18,19,20). The summed E-state index contributed by atoms with van der Waals surface area (Å²) in [7, 11) is 3.03. The molecule has 1 aromatic heterocycles. The Kier molecular flexibility index (Phi) is 6.72. The zero-order valence-electron chi connectivity index (χ0n) is 14.8. The molecule has 1 aromatic carbocycles. The highest BCUT2D eigenvalue weighted by Gasteiger charge is 2.12. The molecule has 0 aliphatic rings. The number of anilines is 1. The number of hydrazine groups is 1. The van der Waals surface area contributed by atoms with Gasteiger partial charge in [0.15, 0.2) is 0 Å². The Morgan fingerprint density at radius 3 is 2.38 bits per heavy atom. The van der Waals surface area contributed by atoms with Gasteiger partial charge in [0, 0.05) is 19.5 Å². The highest BCUT2D eigenvalue weighted by atomic mass is 16.5. The third kappa shape index (κ3) is 5.62. The lowest BCUT2D eigenvalue weighted by Gasteiger charge is -2.10. The summed E-state index contributed by atoms with van der Waals surface area (Å²) in [4.78, 5) is 31.0. The molecule has 26 heavy (non-hydrogen) atoms. The van der Waals surface area contributed by atoms with E-state index in [1.165, 1.54) is 20.1 Å². The lowest BCUT2D eigenvalue weighted by molar-refractivity contribution is -0.119. The Hall–Kier alpha value is -3.36. The lowest BCUT2D eigenvalue weighted by atomic mass is 10.1. The molecule has 1 heterocycles. The number of nitrogens with one attached hydrogen (secondary N) is 3. The molecule has 0 saturated heterocycles. The zero-order valence-corrected chi connectivity index (χ0v) is 14.8. The third-order valence-corrected chi connectivity index (χ3v) is 3.35. The van der Waals surface area contributed by atoms with E-state index >= 15 is 0 Å². The molecular formula is C17H21N5O4. The molecular weight excluding hydrogens is 338 g/mol. The normalized spacial score (nSPS) is 9.96. The number of nitrogens with zero attached hydrogens (tertiary/aromatic N) is 2. The van der Waals surface area contributed by atoms with Gasteiger partial charge in [0.05, 0.1) is 14.2 Å². The molecule has 9 heteroatoms. The molecule has 0 fully saturated rings. The number of ether oxygens (including phenoxy) is 2. The van der Waals surface area contributed by atoms with Crippen LogP contribution >= 0.6 is 0 Å². The summed E-state index contributed by atoms with van der Waals surface area (Å²) in [6.07, 6.45) is 0.754. The van der Waals surface area contributed by atoms with E-state index in [-0.39, 0.29) is 11.7 Å². The van der Waals surface area contributed by atoms with Gasteiger partial charge in [0.2, 0.25) is 5.91 Å². The second-order valence-electron chi connectivity index (χ2n) is 5.29. The van der Waals surface area contributed by atoms with Gasteiger partial charge in [-0.15, -0.1) is 0 Å². The highest BCUT2D eigenvalue weighted by Crippen LogP contribution is 2.14. The maximum atomic E-state index is 12.0. The Labute approximate surface area is 151 Å². The first-order valence-electron chi connectivity index (χ1n) is 7.88. The Bertz CT molecular complexity index is 764. The second kappa shape index (κ2) is 9.21. The summed E-state index contributed by atoms with van der Waals surface area (Å²) in [6.45, 7) is 1.88. The van der Waals surface area contributed by atoms with Crippen molar-refractivity contribution in [2.75, 3.05) is 26.1 Å². The van der Waals surface area contributed by atoms with Crippen molar-refractivity contribution in [3.05, 3.63) is 41.6 Å². The van der Waals surface area contributed by atoms with Gasteiger partial charge >= 0.3 is 6.01 Å². The van der Waals surface area contributed by atoms with Gasteiger partial charge in [-0.3, -0.25) is 20.4 Å². The molecule has 0 aliphatic carbocycles. The summed E-state index contributed by atoms with van der Waals surface area (Å²) in [6, 6.07) is 9.28. The fraction of sp³-hybridized carbons (Fsp3) is 0.294. The number of hydrogen-bond donors (Lipinski definition) is 3. The van der Waals surface area contributed by atoms with Crippen LogP contribution in [-0.2, 0) is 11.2 Å². The summed E-state index contributed by atoms with van der Waals surface area (Å²) >= 11 is 0. The van der Waals surface area contributed by atoms with Crippen molar-refractivity contribution in [3.8, 4) is 11.8 Å². The largest absolute Gasteiger partial charge is 0.497 e. The molecule has 2 aromatic rings. The Morgan fingerprint density at radius 2 is 1.77 bits per heavy atom. The number of carbonyl (C=O) groups excluding carboxylic acids is 2. The van der Waals surface area contributed by atoms with Gasteiger partial charge in [0.25, 0.3) is 5.91 Å². The molecule has 0 aliphatic heterocycles. The fourth-order valence-corrected chi connectivity index (χ4v) is 2.06. The topological polar surface area (TPSA) is 114 Å². The van der Waals surface area contributed by atoms with Crippen LogP contribution < -0.4 is 25.6 Å². The van der Waals surface area contributed by atoms with Crippen molar-refractivity contribution in [2.45, 2.75) is 13.3 Å². The molecule has 0 spiro atoms. The van der Waals surface area contributed by atoms with E-state index in [2.05, 4.69) is 26.1 Å². The first-order valence-corrected chi connectivity index (χ1v) is 7.88. The van der Waals surface area contributed by atoms with Gasteiger partial charge < -0.3 is 14.8 Å². The van der Waals surface area contributed by atoms with E-state index in [4.69, 9.17) is 9.47 Å². The van der Waals surface area contributed by atoms with Gasteiger partial charge in [-0.1, -0.05) is 12.1 Å². The van der Waals surface area contributed by atoms with E-state index in [0.29, 0.717) is 12.4 Å². The van der Waals surface area contributed by atoms with Crippen molar-refractivity contribution >= 4 is 17.6 Å². The molecule has 0 unspecified atom stereocenters. The van der Waals surface area contributed by atoms with Crippen LogP contribution in [0, 0.1) is 0 Å². The SMILES string of the molecule is COc1ccc(CCNc2cc(C(=O)NNC(C)=O)nc(OC)n2)cc1. The number of amides is 2. The fourth-order valence-electron chi connectivity index (χ4n) is 2.06. The van der Waals surface area contributed by atoms with Crippen LogP contribution in [0.15, 0.2) is 30.3 Å².